The number of carbonyl (C=O) groups is 1. The summed E-state index contributed by atoms with van der Waals surface area (Å²) in [5.41, 5.74) is 3.55. The molecule has 8 heteroatoms. The molecule has 6 nitrogen and oxygen atoms in total. The van der Waals surface area contributed by atoms with Crippen molar-refractivity contribution >= 4 is 40.1 Å². The standard InChI is InChI=1S/C26H24Cl2N4O2/c1-16-23(33)15-22(17-4-8-19(27)9-5-17)32(25(16)18-6-10-20(28)11-7-18)34-14-12-24-30-21-3-2-13-29-26(21)31-24/h2-11,13,16,22,25H,12,14-15H2,1H3,(H,29,30,31). The Bertz CT molecular complexity index is 1260. The molecule has 1 aliphatic heterocycles. The summed E-state index contributed by atoms with van der Waals surface area (Å²) in [6.45, 7) is 2.36. The Morgan fingerprint density at radius 2 is 1.71 bits per heavy atom. The third-order valence-corrected chi connectivity index (χ3v) is 6.81. The van der Waals surface area contributed by atoms with Gasteiger partial charge < -0.3 is 4.98 Å². The summed E-state index contributed by atoms with van der Waals surface area (Å²) in [5, 5.41) is 3.28. The number of hydrogen-bond donors (Lipinski definition) is 1. The molecule has 1 fully saturated rings. The van der Waals surface area contributed by atoms with E-state index in [0.29, 0.717) is 35.1 Å². The van der Waals surface area contributed by atoms with Gasteiger partial charge in [-0.1, -0.05) is 54.4 Å². The number of nitrogens with one attached hydrogen (secondary N) is 1. The maximum Gasteiger partial charge on any atom is 0.177 e. The van der Waals surface area contributed by atoms with Gasteiger partial charge in [-0.2, -0.15) is 5.06 Å². The molecular weight excluding hydrogens is 471 g/mol. The number of pyridine rings is 1. The highest BCUT2D eigenvalue weighted by Gasteiger charge is 2.42. The zero-order valence-corrected chi connectivity index (χ0v) is 20.1. The first-order valence-electron chi connectivity index (χ1n) is 11.2. The van der Waals surface area contributed by atoms with Crippen LogP contribution in [0.3, 0.4) is 0 Å². The average Bonchev–Trinajstić information content (AvgIpc) is 3.25. The Morgan fingerprint density at radius 3 is 2.38 bits per heavy atom. The number of hydrogen-bond acceptors (Lipinski definition) is 5. The second kappa shape index (κ2) is 9.84. The predicted octanol–water partition coefficient (Wildman–Crippen LogP) is 6.13. The maximum absolute atomic E-state index is 13.1. The fourth-order valence-corrected chi connectivity index (χ4v) is 4.79. The molecule has 0 aliphatic carbocycles. The van der Waals surface area contributed by atoms with Gasteiger partial charge in [-0.05, 0) is 47.5 Å². The Morgan fingerprint density at radius 1 is 1.03 bits per heavy atom. The highest BCUT2D eigenvalue weighted by atomic mass is 35.5. The molecule has 0 spiro atoms. The number of Topliss-reactive ketones (excluding diaryl/α,β-unsaturated/α-hetero) is 1. The van der Waals surface area contributed by atoms with Crippen molar-refractivity contribution in [1.29, 1.82) is 0 Å². The molecule has 2 aromatic heterocycles. The molecule has 5 rings (SSSR count). The monoisotopic (exact) mass is 494 g/mol. The van der Waals surface area contributed by atoms with Crippen molar-refractivity contribution in [2.75, 3.05) is 6.61 Å². The maximum atomic E-state index is 13.1. The van der Waals surface area contributed by atoms with Crippen LogP contribution < -0.4 is 0 Å². The van der Waals surface area contributed by atoms with E-state index in [1.165, 1.54) is 0 Å². The van der Waals surface area contributed by atoms with Gasteiger partial charge in [0.15, 0.2) is 5.65 Å². The number of halogens is 2. The molecule has 1 saturated heterocycles. The Balaban J connectivity index is 1.44. The lowest BCUT2D eigenvalue weighted by Gasteiger charge is -2.44. The molecule has 174 valence electrons. The third-order valence-electron chi connectivity index (χ3n) is 6.31. The molecule has 0 amide bonds. The third kappa shape index (κ3) is 4.72. The van der Waals surface area contributed by atoms with Gasteiger partial charge in [-0.25, -0.2) is 9.97 Å². The Hall–Kier alpha value is -2.77. The first kappa shape index (κ1) is 23.0. The van der Waals surface area contributed by atoms with Crippen LogP contribution >= 0.6 is 23.2 Å². The summed E-state index contributed by atoms with van der Waals surface area (Å²) in [7, 11) is 0. The van der Waals surface area contributed by atoms with E-state index in [1.807, 2.05) is 72.7 Å². The van der Waals surface area contributed by atoms with Gasteiger partial charge >= 0.3 is 0 Å². The molecule has 1 N–H and O–H groups in total. The smallest absolute Gasteiger partial charge is 0.177 e. The van der Waals surface area contributed by atoms with Crippen molar-refractivity contribution in [2.45, 2.75) is 31.8 Å². The van der Waals surface area contributed by atoms with E-state index in [-0.39, 0.29) is 23.8 Å². The van der Waals surface area contributed by atoms with Crippen LogP contribution in [0.15, 0.2) is 66.9 Å². The van der Waals surface area contributed by atoms with E-state index in [1.54, 1.807) is 6.20 Å². The fraction of sp³-hybridized carbons (Fsp3) is 0.269. The number of imidazole rings is 1. The summed E-state index contributed by atoms with van der Waals surface area (Å²) in [6.07, 6.45) is 2.67. The molecule has 1 aliphatic rings. The lowest BCUT2D eigenvalue weighted by molar-refractivity contribution is -0.237. The Labute approximate surface area is 207 Å². The minimum absolute atomic E-state index is 0.197. The molecule has 3 unspecified atom stereocenters. The summed E-state index contributed by atoms with van der Waals surface area (Å²) in [5.74, 6) is 0.768. The molecule has 34 heavy (non-hydrogen) atoms. The minimum Gasteiger partial charge on any atom is -0.341 e. The number of rotatable bonds is 6. The van der Waals surface area contributed by atoms with Crippen LogP contribution in [0.1, 0.15) is 42.4 Å². The van der Waals surface area contributed by atoms with Crippen LogP contribution in [0, 0.1) is 5.92 Å². The number of piperidine rings is 1. The average molecular weight is 495 g/mol. The van der Waals surface area contributed by atoms with Crippen molar-refractivity contribution in [3.05, 3.63) is 93.9 Å². The SMILES string of the molecule is CC1C(=O)CC(c2ccc(Cl)cc2)N(OCCc2nc3ncccc3[nH]2)C1c1ccc(Cl)cc1. The normalized spacial score (nSPS) is 21.3. The second-order valence-electron chi connectivity index (χ2n) is 8.52. The number of H-pyrrole nitrogens is 1. The summed E-state index contributed by atoms with van der Waals surface area (Å²) >= 11 is 12.3. The van der Waals surface area contributed by atoms with E-state index in [4.69, 9.17) is 28.0 Å². The van der Waals surface area contributed by atoms with E-state index in [0.717, 1.165) is 22.5 Å². The fourth-order valence-electron chi connectivity index (χ4n) is 4.53. The lowest BCUT2D eigenvalue weighted by Crippen LogP contribution is -2.45. The van der Waals surface area contributed by atoms with Gasteiger partial charge in [0, 0.05) is 35.0 Å². The number of nitrogens with zero attached hydrogens (tertiary/aromatic N) is 3. The summed E-state index contributed by atoms with van der Waals surface area (Å²) in [6, 6.07) is 18.5. The van der Waals surface area contributed by atoms with Crippen molar-refractivity contribution < 1.29 is 9.63 Å². The highest BCUT2D eigenvalue weighted by molar-refractivity contribution is 6.30. The van der Waals surface area contributed by atoms with Crippen LogP contribution in [0.5, 0.6) is 0 Å². The minimum atomic E-state index is -0.253. The number of fused-ring (bicyclic) bond motifs is 1. The second-order valence-corrected chi connectivity index (χ2v) is 9.40. The van der Waals surface area contributed by atoms with Crippen LogP contribution in [-0.4, -0.2) is 32.4 Å². The highest BCUT2D eigenvalue weighted by Crippen LogP contribution is 2.43. The van der Waals surface area contributed by atoms with Crippen LogP contribution in [0.25, 0.3) is 11.2 Å². The largest absolute Gasteiger partial charge is 0.341 e. The summed E-state index contributed by atoms with van der Waals surface area (Å²) < 4.78 is 0. The van der Waals surface area contributed by atoms with Crippen LogP contribution in [0.4, 0.5) is 0 Å². The topological polar surface area (TPSA) is 71.1 Å². The zero-order chi connectivity index (χ0) is 23.7. The van der Waals surface area contributed by atoms with E-state index >= 15 is 0 Å². The van der Waals surface area contributed by atoms with Gasteiger partial charge in [0.05, 0.1) is 24.2 Å². The number of ketones is 1. The molecule has 3 heterocycles. The number of aromatic amines is 1. The van der Waals surface area contributed by atoms with Crippen molar-refractivity contribution in [3.63, 3.8) is 0 Å². The lowest BCUT2D eigenvalue weighted by atomic mass is 9.81. The van der Waals surface area contributed by atoms with E-state index < -0.39 is 0 Å². The quantitative estimate of drug-likeness (QED) is 0.348. The molecule has 2 aromatic carbocycles. The number of hydroxylamine groups is 2. The van der Waals surface area contributed by atoms with Gasteiger partial charge in [-0.3, -0.25) is 9.63 Å². The summed E-state index contributed by atoms with van der Waals surface area (Å²) in [4.78, 5) is 31.6. The van der Waals surface area contributed by atoms with Crippen molar-refractivity contribution in [2.24, 2.45) is 5.92 Å². The van der Waals surface area contributed by atoms with Crippen molar-refractivity contribution in [3.8, 4) is 0 Å². The predicted molar refractivity (Wildman–Crippen MR) is 133 cm³/mol. The molecular formula is C26H24Cl2N4O2. The van der Waals surface area contributed by atoms with Crippen molar-refractivity contribution in [1.82, 2.24) is 20.0 Å². The molecule has 0 saturated carbocycles. The van der Waals surface area contributed by atoms with Gasteiger partial charge in [0.2, 0.25) is 0 Å². The first-order chi connectivity index (χ1) is 16.5. The number of aromatic nitrogens is 3. The number of benzene rings is 2. The van der Waals surface area contributed by atoms with Gasteiger partial charge in [-0.15, -0.1) is 0 Å². The van der Waals surface area contributed by atoms with Gasteiger partial charge in [0.25, 0.3) is 0 Å². The van der Waals surface area contributed by atoms with Crippen LogP contribution in [-0.2, 0) is 16.1 Å². The van der Waals surface area contributed by atoms with Gasteiger partial charge in [0.1, 0.15) is 11.6 Å². The molecule has 0 radical (unpaired) electrons. The molecule has 3 atom stereocenters. The first-order valence-corrected chi connectivity index (χ1v) is 12.0. The molecule has 0 bridgehead atoms. The van der Waals surface area contributed by atoms with Crippen LogP contribution in [0.2, 0.25) is 10.0 Å². The van der Waals surface area contributed by atoms with E-state index in [2.05, 4.69) is 15.0 Å². The molecule has 4 aromatic rings. The number of carbonyl (C=O) groups excluding carboxylic acids is 1. The van der Waals surface area contributed by atoms with E-state index in [9.17, 15) is 4.79 Å². The zero-order valence-electron chi connectivity index (χ0n) is 18.6. The Kier molecular flexibility index (Phi) is 6.66.